The van der Waals surface area contributed by atoms with E-state index in [0.29, 0.717) is 45.5 Å². The van der Waals surface area contributed by atoms with Gasteiger partial charge < -0.3 is 48.5 Å². The minimum absolute atomic E-state index is 0.00474. The predicted octanol–water partition coefficient (Wildman–Crippen LogP) is 12.1. The van der Waals surface area contributed by atoms with Crippen molar-refractivity contribution in [2.24, 2.45) is 0 Å². The molecule has 8 aromatic rings. The Balaban J connectivity index is 0.000000189. The van der Waals surface area contributed by atoms with Crippen molar-refractivity contribution >= 4 is 21.5 Å². The molecule has 2 saturated heterocycles. The third kappa shape index (κ3) is 14.0. The van der Waals surface area contributed by atoms with E-state index in [2.05, 4.69) is 64.1 Å². The number of methoxy groups -OCH3 is 3. The van der Waals surface area contributed by atoms with Crippen LogP contribution >= 0.6 is 0 Å². The third-order valence-corrected chi connectivity index (χ3v) is 14.0. The van der Waals surface area contributed by atoms with Crippen LogP contribution in [0.3, 0.4) is 0 Å². The largest absolute Gasteiger partial charge is 0.496 e. The lowest BCUT2D eigenvalue weighted by molar-refractivity contribution is 0.00974. The molecule has 0 unspecified atom stereocenters. The number of piperidine rings is 2. The minimum atomic E-state index is -0.204. The van der Waals surface area contributed by atoms with Gasteiger partial charge in [-0.05, 0) is 90.0 Å². The molecule has 2 aliphatic heterocycles. The zero-order chi connectivity index (χ0) is 51.6. The molecule has 7 aromatic carbocycles. The number of nitrogens with zero attached hydrogens (tertiary/aromatic N) is 1. The highest BCUT2D eigenvalue weighted by molar-refractivity contribution is 5.94. The number of halogens is 1. The minimum Gasteiger partial charge on any atom is -0.496 e. The molecule has 0 bridgehead atoms. The first-order valence-electron chi connectivity index (χ1n) is 26.0. The summed E-state index contributed by atoms with van der Waals surface area (Å²) in [5, 5.41) is 11.2. The lowest BCUT2D eigenvalue weighted by Crippen LogP contribution is -2.41. The van der Waals surface area contributed by atoms with Gasteiger partial charge in [0.15, 0.2) is 0 Å². The second-order valence-corrected chi connectivity index (χ2v) is 18.9. The summed E-state index contributed by atoms with van der Waals surface area (Å²) in [7, 11) is 5.06. The van der Waals surface area contributed by atoms with Crippen molar-refractivity contribution in [1.29, 1.82) is 0 Å². The van der Waals surface area contributed by atoms with Crippen LogP contribution in [-0.2, 0) is 40.6 Å². The molecule has 75 heavy (non-hydrogen) atoms. The average molecular weight is 1010 g/mol. The van der Waals surface area contributed by atoms with Gasteiger partial charge in [-0.3, -0.25) is 0 Å². The molecule has 3 heterocycles. The number of rotatable bonds is 21. The summed E-state index contributed by atoms with van der Waals surface area (Å²) in [6.45, 7) is 6.51. The van der Waals surface area contributed by atoms with Crippen molar-refractivity contribution in [3.63, 3.8) is 0 Å². The van der Waals surface area contributed by atoms with Crippen molar-refractivity contribution in [1.82, 2.24) is 15.6 Å². The first-order chi connectivity index (χ1) is 37.0. The van der Waals surface area contributed by atoms with E-state index in [4.69, 9.17) is 37.9 Å². The molecule has 1 aromatic heterocycles. The van der Waals surface area contributed by atoms with Crippen LogP contribution < -0.4 is 34.3 Å². The first kappa shape index (κ1) is 52.8. The van der Waals surface area contributed by atoms with Gasteiger partial charge in [-0.15, -0.1) is 0 Å². The Bertz CT molecular complexity index is 3030. The van der Waals surface area contributed by atoms with Gasteiger partial charge in [0.25, 0.3) is 0 Å². The lowest BCUT2D eigenvalue weighted by atomic mass is 9.88. The van der Waals surface area contributed by atoms with Crippen LogP contribution in [0.5, 0.6) is 28.9 Å². The fraction of sp³-hybridized carbons (Fsp3) is 0.317. The molecule has 0 spiro atoms. The van der Waals surface area contributed by atoms with E-state index in [0.717, 1.165) is 123 Å². The molecule has 4 atom stereocenters. The van der Waals surface area contributed by atoms with Crippen molar-refractivity contribution in [2.75, 3.05) is 60.7 Å². The van der Waals surface area contributed by atoms with Gasteiger partial charge in [0.05, 0.1) is 66.6 Å². The number of ether oxygens (including phenoxy) is 8. The number of hydrogen-bond donors (Lipinski definition) is 2. The summed E-state index contributed by atoms with van der Waals surface area (Å²) < 4.78 is 61.1. The maximum Gasteiger partial charge on any atom is 0.213 e. The number of fused-ring (bicyclic) bond motifs is 2. The van der Waals surface area contributed by atoms with E-state index >= 15 is 0 Å². The first-order valence-corrected chi connectivity index (χ1v) is 26.0. The Labute approximate surface area is 440 Å². The van der Waals surface area contributed by atoms with E-state index in [1.807, 2.05) is 103 Å². The highest BCUT2D eigenvalue weighted by Gasteiger charge is 2.29. The van der Waals surface area contributed by atoms with Crippen LogP contribution in [0.15, 0.2) is 164 Å². The highest BCUT2D eigenvalue weighted by atomic mass is 19.1. The Morgan fingerprint density at radius 1 is 0.520 bits per heavy atom. The van der Waals surface area contributed by atoms with Crippen LogP contribution in [0, 0.1) is 5.82 Å². The smallest absolute Gasteiger partial charge is 0.213 e. The molecule has 0 saturated carbocycles. The van der Waals surface area contributed by atoms with Gasteiger partial charge in [-0.25, -0.2) is 9.37 Å². The van der Waals surface area contributed by atoms with E-state index < -0.39 is 0 Å². The molecular weight excluding hydrogens is 946 g/mol. The molecule has 0 aliphatic carbocycles. The van der Waals surface area contributed by atoms with Gasteiger partial charge in [0, 0.05) is 70.9 Å². The SMILES string of the molecule is COc1ccccc1COCCCOc1ccc([C@H]2CCNC[C@@H]2OCc2cc(OC)c3ccccc3c2OC)cn1.Fc1ccc([C@H]2CCNC[C@@H]2OCc2cc(OCc3ccccc3)c3ccccc3c2)cc1. The summed E-state index contributed by atoms with van der Waals surface area (Å²) in [6, 6.07) is 51.6. The number of aromatic nitrogens is 1. The van der Waals surface area contributed by atoms with Crippen LogP contribution in [0.4, 0.5) is 4.39 Å². The molecule has 0 radical (unpaired) electrons. The normalized spacial score (nSPS) is 17.4. The summed E-state index contributed by atoms with van der Waals surface area (Å²) in [5.74, 6) is 4.23. The molecule has 10 rings (SSSR count). The second kappa shape index (κ2) is 26.9. The Kier molecular flexibility index (Phi) is 19.0. The van der Waals surface area contributed by atoms with Gasteiger partial charge in [-0.2, -0.15) is 0 Å². The van der Waals surface area contributed by atoms with Crippen LogP contribution in [-0.4, -0.2) is 77.9 Å². The van der Waals surface area contributed by atoms with E-state index in [1.165, 1.54) is 12.1 Å². The van der Waals surface area contributed by atoms with Gasteiger partial charge in [0.2, 0.25) is 5.88 Å². The van der Waals surface area contributed by atoms with Crippen molar-refractivity contribution < 1.29 is 42.3 Å². The molecule has 390 valence electrons. The predicted molar refractivity (Wildman–Crippen MR) is 293 cm³/mol. The third-order valence-electron chi connectivity index (χ3n) is 14.0. The standard InChI is InChI=1S/C34H40N2O6.C29H28FNO2/c1-37-30-12-7-4-9-25(30)22-40-17-8-18-41-33-14-13-24(20-36-33)27-15-16-35-21-32(27)42-23-26-19-31(38-2)28-10-5-6-11-29(28)34(26)39-3;30-25-12-10-23(11-13-25)27-14-15-31-18-29(27)33-20-22-16-24-8-4-5-9-26(24)28(17-22)32-19-21-6-2-1-3-7-21/h4-7,9-14,19-20,27,32,35H,8,15-18,21-23H2,1-3H3;1-13,16-17,27,29,31H,14-15,18-20H2/t27-,32+;27-,29+/m11/s1. The fourth-order valence-electron chi connectivity index (χ4n) is 10.1. The van der Waals surface area contributed by atoms with Gasteiger partial charge >= 0.3 is 0 Å². The van der Waals surface area contributed by atoms with Crippen LogP contribution in [0.2, 0.25) is 0 Å². The number of para-hydroxylation sites is 1. The maximum absolute atomic E-state index is 13.4. The summed E-state index contributed by atoms with van der Waals surface area (Å²) >= 11 is 0. The van der Waals surface area contributed by atoms with Gasteiger partial charge in [0.1, 0.15) is 35.4 Å². The summed E-state index contributed by atoms with van der Waals surface area (Å²) in [5.41, 5.74) is 6.50. The number of pyridine rings is 1. The lowest BCUT2D eigenvalue weighted by Gasteiger charge is -2.32. The molecular formula is C63H68FN3O8. The summed E-state index contributed by atoms with van der Waals surface area (Å²) in [6.07, 6.45) is 4.65. The monoisotopic (exact) mass is 1010 g/mol. The molecule has 2 N–H and O–H groups in total. The molecule has 0 amide bonds. The van der Waals surface area contributed by atoms with E-state index in [-0.39, 0.29) is 29.9 Å². The van der Waals surface area contributed by atoms with E-state index in [9.17, 15) is 4.39 Å². The number of nitrogens with one attached hydrogen (secondary N) is 2. The maximum atomic E-state index is 13.4. The Morgan fingerprint density at radius 2 is 1.19 bits per heavy atom. The number of hydrogen-bond acceptors (Lipinski definition) is 11. The van der Waals surface area contributed by atoms with Crippen LogP contribution in [0.1, 0.15) is 64.5 Å². The molecule has 12 heteroatoms. The zero-order valence-electron chi connectivity index (χ0n) is 43.2. The molecule has 2 aliphatic rings. The topological polar surface area (TPSA) is 111 Å². The second-order valence-electron chi connectivity index (χ2n) is 18.9. The summed E-state index contributed by atoms with van der Waals surface area (Å²) in [4.78, 5) is 4.59. The van der Waals surface area contributed by atoms with Crippen LogP contribution in [0.25, 0.3) is 21.5 Å². The van der Waals surface area contributed by atoms with Crippen molar-refractivity contribution in [2.45, 2.75) is 69.7 Å². The van der Waals surface area contributed by atoms with Crippen molar-refractivity contribution in [3.8, 4) is 28.9 Å². The average Bonchev–Trinajstić information content (AvgIpc) is 3.47. The molecule has 11 nitrogen and oxygen atoms in total. The fourth-order valence-corrected chi connectivity index (χ4v) is 10.1. The quantitative estimate of drug-likeness (QED) is 0.0671. The number of benzene rings is 7. The zero-order valence-corrected chi connectivity index (χ0v) is 43.2. The molecule has 2 fully saturated rings. The Morgan fingerprint density at radius 3 is 1.92 bits per heavy atom. The Hall–Kier alpha value is -7.06. The van der Waals surface area contributed by atoms with E-state index in [1.54, 1.807) is 21.3 Å². The highest BCUT2D eigenvalue weighted by Crippen LogP contribution is 2.38. The van der Waals surface area contributed by atoms with Crippen molar-refractivity contribution in [3.05, 3.63) is 203 Å². The van der Waals surface area contributed by atoms with Gasteiger partial charge in [-0.1, -0.05) is 115 Å².